The average molecular weight is 222 g/mol. The number of pyridine rings is 1. The number of rotatable bonds is 3. The maximum absolute atomic E-state index is 11.2. The normalized spacial score (nSPS) is 14.6. The molecule has 1 aromatic heterocycles. The fourth-order valence-corrected chi connectivity index (χ4v) is 1.50. The molecule has 1 fully saturated rings. The Hall–Kier alpha value is -1.98. The van der Waals surface area contributed by atoms with Gasteiger partial charge in [0, 0.05) is 12.0 Å². The minimum Gasteiger partial charge on any atom is -0.464 e. The van der Waals surface area contributed by atoms with E-state index < -0.39 is 10.9 Å². The van der Waals surface area contributed by atoms with Crippen LogP contribution in [-0.4, -0.2) is 23.0 Å². The van der Waals surface area contributed by atoms with Gasteiger partial charge >= 0.3 is 5.97 Å². The van der Waals surface area contributed by atoms with Gasteiger partial charge in [0.05, 0.1) is 12.0 Å². The molecule has 1 aliphatic carbocycles. The van der Waals surface area contributed by atoms with Crippen molar-refractivity contribution in [3.63, 3.8) is 0 Å². The summed E-state index contributed by atoms with van der Waals surface area (Å²) in [5.41, 5.74) is 0.498. The van der Waals surface area contributed by atoms with Gasteiger partial charge in [0.1, 0.15) is 11.4 Å². The zero-order chi connectivity index (χ0) is 11.7. The van der Waals surface area contributed by atoms with Crippen LogP contribution in [0.3, 0.4) is 0 Å². The zero-order valence-corrected chi connectivity index (χ0v) is 8.67. The Bertz CT molecular complexity index is 454. The fraction of sp³-hybridized carbons (Fsp3) is 0.400. The molecule has 6 heteroatoms. The van der Waals surface area contributed by atoms with Crippen LogP contribution in [0.2, 0.25) is 0 Å². The molecule has 0 saturated heterocycles. The van der Waals surface area contributed by atoms with E-state index in [-0.39, 0.29) is 17.3 Å². The molecule has 0 bridgehead atoms. The molecule has 0 unspecified atom stereocenters. The molecule has 0 spiro atoms. The quantitative estimate of drug-likeness (QED) is 0.441. The summed E-state index contributed by atoms with van der Waals surface area (Å²) in [5, 5.41) is 10.8. The van der Waals surface area contributed by atoms with Crippen molar-refractivity contribution in [3.8, 4) is 0 Å². The Morgan fingerprint density at radius 2 is 2.25 bits per heavy atom. The molecule has 0 N–H and O–H groups in total. The van der Waals surface area contributed by atoms with Gasteiger partial charge in [0.2, 0.25) is 0 Å². The average Bonchev–Trinajstić information content (AvgIpc) is 3.10. The van der Waals surface area contributed by atoms with Crippen LogP contribution < -0.4 is 0 Å². The Kier molecular flexibility index (Phi) is 2.55. The fourth-order valence-electron chi connectivity index (χ4n) is 1.50. The molecule has 1 aliphatic rings. The Morgan fingerprint density at radius 3 is 2.75 bits per heavy atom. The van der Waals surface area contributed by atoms with Crippen LogP contribution in [-0.2, 0) is 4.74 Å². The highest BCUT2D eigenvalue weighted by molar-refractivity contribution is 5.87. The molecular formula is C10H10N2O4. The SMILES string of the molecule is COC(=O)c1ccc([N+](=O)[O-])c(C2CC2)n1. The third-order valence-corrected chi connectivity index (χ3v) is 2.46. The molecule has 16 heavy (non-hydrogen) atoms. The highest BCUT2D eigenvalue weighted by Gasteiger charge is 2.33. The first-order valence-electron chi connectivity index (χ1n) is 4.87. The van der Waals surface area contributed by atoms with Gasteiger partial charge in [0.25, 0.3) is 5.69 Å². The second-order valence-electron chi connectivity index (χ2n) is 3.62. The van der Waals surface area contributed by atoms with E-state index >= 15 is 0 Å². The van der Waals surface area contributed by atoms with Crippen LogP contribution in [0.5, 0.6) is 0 Å². The lowest BCUT2D eigenvalue weighted by atomic mass is 10.2. The molecule has 0 atom stereocenters. The molecule has 1 aromatic rings. The smallest absolute Gasteiger partial charge is 0.356 e. The van der Waals surface area contributed by atoms with Gasteiger partial charge in [-0.1, -0.05) is 0 Å². The van der Waals surface area contributed by atoms with Crippen LogP contribution in [0.4, 0.5) is 5.69 Å². The first kappa shape index (κ1) is 10.5. The van der Waals surface area contributed by atoms with E-state index in [9.17, 15) is 14.9 Å². The van der Waals surface area contributed by atoms with Crippen LogP contribution in [0, 0.1) is 10.1 Å². The van der Waals surface area contributed by atoms with Crippen molar-refractivity contribution in [2.75, 3.05) is 7.11 Å². The van der Waals surface area contributed by atoms with Crippen molar-refractivity contribution in [3.05, 3.63) is 33.6 Å². The predicted molar refractivity (Wildman–Crippen MR) is 54.2 cm³/mol. The van der Waals surface area contributed by atoms with Crippen molar-refractivity contribution in [1.29, 1.82) is 0 Å². The van der Waals surface area contributed by atoms with Gasteiger partial charge < -0.3 is 4.74 Å². The topological polar surface area (TPSA) is 82.3 Å². The van der Waals surface area contributed by atoms with Crippen LogP contribution in [0.1, 0.15) is 34.9 Å². The number of ether oxygens (including phenoxy) is 1. The van der Waals surface area contributed by atoms with Gasteiger partial charge in [-0.2, -0.15) is 0 Å². The lowest BCUT2D eigenvalue weighted by Crippen LogP contribution is -2.07. The van der Waals surface area contributed by atoms with Crippen LogP contribution in [0.25, 0.3) is 0 Å². The van der Waals surface area contributed by atoms with Gasteiger partial charge in [0.15, 0.2) is 0 Å². The van der Waals surface area contributed by atoms with E-state index in [4.69, 9.17) is 0 Å². The standard InChI is InChI=1S/C10H10N2O4/c1-16-10(13)7-4-5-8(12(14)15)9(11-7)6-2-3-6/h4-6H,2-3H2,1H3. The van der Waals surface area contributed by atoms with E-state index in [1.165, 1.54) is 19.2 Å². The van der Waals surface area contributed by atoms with Crippen molar-refractivity contribution in [2.45, 2.75) is 18.8 Å². The number of hydrogen-bond acceptors (Lipinski definition) is 5. The Labute approximate surface area is 91.4 Å². The summed E-state index contributed by atoms with van der Waals surface area (Å²) in [4.78, 5) is 25.5. The molecule has 0 radical (unpaired) electrons. The number of hydrogen-bond donors (Lipinski definition) is 0. The van der Waals surface area contributed by atoms with E-state index in [1.807, 2.05) is 0 Å². The summed E-state index contributed by atoms with van der Waals surface area (Å²) in [7, 11) is 1.25. The molecule has 84 valence electrons. The van der Waals surface area contributed by atoms with E-state index in [0.29, 0.717) is 5.69 Å². The monoisotopic (exact) mass is 222 g/mol. The summed E-state index contributed by atoms with van der Waals surface area (Å²) in [6, 6.07) is 2.63. The Morgan fingerprint density at radius 1 is 1.56 bits per heavy atom. The molecular weight excluding hydrogens is 212 g/mol. The summed E-state index contributed by atoms with van der Waals surface area (Å²) >= 11 is 0. The number of carbonyl (C=O) groups is 1. The molecule has 0 aromatic carbocycles. The second kappa shape index (κ2) is 3.88. The number of methoxy groups -OCH3 is 1. The largest absolute Gasteiger partial charge is 0.464 e. The minimum absolute atomic E-state index is 0.0184. The lowest BCUT2D eigenvalue weighted by Gasteiger charge is -2.02. The van der Waals surface area contributed by atoms with E-state index in [0.717, 1.165) is 12.8 Å². The van der Waals surface area contributed by atoms with E-state index in [2.05, 4.69) is 9.72 Å². The number of aromatic nitrogens is 1. The molecule has 0 aliphatic heterocycles. The van der Waals surface area contributed by atoms with Crippen LogP contribution >= 0.6 is 0 Å². The molecule has 6 nitrogen and oxygen atoms in total. The van der Waals surface area contributed by atoms with Gasteiger partial charge in [-0.25, -0.2) is 9.78 Å². The van der Waals surface area contributed by atoms with E-state index in [1.54, 1.807) is 0 Å². The summed E-state index contributed by atoms with van der Waals surface area (Å²) in [6.07, 6.45) is 1.77. The predicted octanol–water partition coefficient (Wildman–Crippen LogP) is 1.65. The van der Waals surface area contributed by atoms with Crippen molar-refractivity contribution in [1.82, 2.24) is 4.98 Å². The first-order valence-corrected chi connectivity index (χ1v) is 4.87. The van der Waals surface area contributed by atoms with Crippen LogP contribution in [0.15, 0.2) is 12.1 Å². The third-order valence-electron chi connectivity index (χ3n) is 2.46. The summed E-state index contributed by atoms with van der Waals surface area (Å²) in [6.45, 7) is 0. The molecule has 0 amide bonds. The summed E-state index contributed by atoms with van der Waals surface area (Å²) < 4.78 is 4.52. The number of esters is 1. The van der Waals surface area contributed by atoms with Gasteiger partial charge in [-0.15, -0.1) is 0 Å². The minimum atomic E-state index is -0.572. The van der Waals surface area contributed by atoms with Crippen molar-refractivity contribution >= 4 is 11.7 Å². The number of nitro groups is 1. The van der Waals surface area contributed by atoms with Crippen molar-refractivity contribution in [2.24, 2.45) is 0 Å². The Balaban J connectivity index is 2.43. The maximum atomic E-state index is 11.2. The number of carbonyl (C=O) groups excluding carboxylic acids is 1. The molecule has 1 heterocycles. The highest BCUT2D eigenvalue weighted by Crippen LogP contribution is 2.42. The zero-order valence-electron chi connectivity index (χ0n) is 8.67. The summed E-state index contributed by atoms with van der Waals surface area (Å²) in [5.74, 6) is -0.457. The highest BCUT2D eigenvalue weighted by atomic mass is 16.6. The third kappa shape index (κ3) is 1.86. The number of nitrogens with zero attached hydrogens (tertiary/aromatic N) is 2. The van der Waals surface area contributed by atoms with Gasteiger partial charge in [-0.3, -0.25) is 10.1 Å². The first-order chi connectivity index (χ1) is 7.63. The van der Waals surface area contributed by atoms with Crippen molar-refractivity contribution < 1.29 is 14.5 Å². The van der Waals surface area contributed by atoms with Gasteiger partial charge in [-0.05, 0) is 18.9 Å². The molecule has 1 saturated carbocycles. The molecule has 2 rings (SSSR count). The second-order valence-corrected chi connectivity index (χ2v) is 3.62. The lowest BCUT2D eigenvalue weighted by molar-refractivity contribution is -0.386. The maximum Gasteiger partial charge on any atom is 0.356 e.